The van der Waals surface area contributed by atoms with Crippen LogP contribution in [-0.4, -0.2) is 29.5 Å². The van der Waals surface area contributed by atoms with Crippen molar-refractivity contribution in [3.8, 4) is 0 Å². The first kappa shape index (κ1) is 13.1. The molecular formula is C12H20BrN3O. The molecule has 0 spiro atoms. The fraction of sp³-hybridized carbons (Fsp3) is 0.750. The summed E-state index contributed by atoms with van der Waals surface area (Å²) in [5.74, 6) is 0.512. The molecule has 2 rings (SSSR count). The van der Waals surface area contributed by atoms with Crippen LogP contribution in [0, 0.1) is 5.92 Å². The Balaban J connectivity index is 2.31. The fourth-order valence-corrected chi connectivity index (χ4v) is 3.22. The van der Waals surface area contributed by atoms with Crippen molar-refractivity contribution in [2.75, 3.05) is 13.7 Å². The van der Waals surface area contributed by atoms with Gasteiger partial charge in [0, 0.05) is 19.1 Å². The van der Waals surface area contributed by atoms with E-state index < -0.39 is 0 Å². The highest BCUT2D eigenvalue weighted by atomic mass is 79.9. The number of rotatable bonds is 4. The number of halogens is 1. The largest absolute Gasteiger partial charge is 0.378 e. The summed E-state index contributed by atoms with van der Waals surface area (Å²) in [7, 11) is 2.01. The Morgan fingerprint density at radius 2 is 2.47 bits per heavy atom. The van der Waals surface area contributed by atoms with Crippen LogP contribution in [0.25, 0.3) is 0 Å². The van der Waals surface area contributed by atoms with Gasteiger partial charge in [-0.2, -0.15) is 5.10 Å². The zero-order valence-corrected chi connectivity index (χ0v) is 12.2. The SMILES string of the molecule is CCn1ncc(Br)c1C(NC)C1CCOC1C. The standard InChI is InChI=1S/C12H20BrN3O/c1-4-16-12(10(13)7-15-16)11(14-3)9-5-6-17-8(9)2/h7-9,11,14H,4-6H2,1-3H3. The highest BCUT2D eigenvalue weighted by Gasteiger charge is 2.34. The molecular weight excluding hydrogens is 282 g/mol. The van der Waals surface area contributed by atoms with E-state index in [2.05, 4.69) is 44.9 Å². The lowest BCUT2D eigenvalue weighted by Gasteiger charge is -2.26. The van der Waals surface area contributed by atoms with Gasteiger partial charge < -0.3 is 10.1 Å². The molecule has 1 aliphatic heterocycles. The summed E-state index contributed by atoms with van der Waals surface area (Å²) >= 11 is 3.60. The highest BCUT2D eigenvalue weighted by molar-refractivity contribution is 9.10. The van der Waals surface area contributed by atoms with E-state index in [1.807, 2.05) is 13.2 Å². The second kappa shape index (κ2) is 5.50. The van der Waals surface area contributed by atoms with Gasteiger partial charge in [-0.3, -0.25) is 4.68 Å². The quantitative estimate of drug-likeness (QED) is 0.928. The number of aromatic nitrogens is 2. The van der Waals surface area contributed by atoms with Crippen molar-refractivity contribution < 1.29 is 4.74 Å². The van der Waals surface area contributed by atoms with Crippen LogP contribution >= 0.6 is 15.9 Å². The van der Waals surface area contributed by atoms with Gasteiger partial charge in [0.2, 0.25) is 0 Å². The van der Waals surface area contributed by atoms with Crippen molar-refractivity contribution in [2.45, 2.75) is 39.0 Å². The van der Waals surface area contributed by atoms with Gasteiger partial charge in [-0.05, 0) is 43.2 Å². The molecule has 5 heteroatoms. The molecule has 3 unspecified atom stereocenters. The smallest absolute Gasteiger partial charge is 0.0699 e. The minimum atomic E-state index is 0.296. The Hall–Kier alpha value is -0.390. The van der Waals surface area contributed by atoms with E-state index in [9.17, 15) is 0 Å². The third-order valence-electron chi connectivity index (χ3n) is 3.60. The van der Waals surface area contributed by atoms with Crippen molar-refractivity contribution >= 4 is 15.9 Å². The van der Waals surface area contributed by atoms with Gasteiger partial charge >= 0.3 is 0 Å². The average Bonchev–Trinajstić information content (AvgIpc) is 2.89. The molecule has 1 aromatic rings. The lowest BCUT2D eigenvalue weighted by atomic mass is 9.91. The third-order valence-corrected chi connectivity index (χ3v) is 4.21. The van der Waals surface area contributed by atoms with E-state index in [0.717, 1.165) is 24.0 Å². The maximum absolute atomic E-state index is 5.67. The highest BCUT2D eigenvalue weighted by Crippen LogP contribution is 2.36. The molecule has 1 aliphatic rings. The van der Waals surface area contributed by atoms with Crippen LogP contribution < -0.4 is 5.32 Å². The van der Waals surface area contributed by atoms with Crippen LogP contribution in [0.2, 0.25) is 0 Å². The molecule has 0 aliphatic carbocycles. The summed E-state index contributed by atoms with van der Waals surface area (Å²) in [4.78, 5) is 0. The molecule has 1 aromatic heterocycles. The van der Waals surface area contributed by atoms with Crippen molar-refractivity contribution in [1.29, 1.82) is 0 Å². The third kappa shape index (κ3) is 2.41. The van der Waals surface area contributed by atoms with Gasteiger partial charge in [0.15, 0.2) is 0 Å². The van der Waals surface area contributed by atoms with E-state index in [4.69, 9.17) is 4.74 Å². The van der Waals surface area contributed by atoms with E-state index in [-0.39, 0.29) is 0 Å². The second-order valence-electron chi connectivity index (χ2n) is 4.49. The molecule has 17 heavy (non-hydrogen) atoms. The van der Waals surface area contributed by atoms with Gasteiger partial charge in [0.05, 0.1) is 28.5 Å². The molecule has 1 saturated heterocycles. The molecule has 0 radical (unpaired) electrons. The zero-order chi connectivity index (χ0) is 12.4. The Labute approximate surface area is 111 Å². The summed E-state index contributed by atoms with van der Waals surface area (Å²) in [5, 5.41) is 7.81. The number of ether oxygens (including phenoxy) is 1. The summed E-state index contributed by atoms with van der Waals surface area (Å²) in [5.41, 5.74) is 1.23. The van der Waals surface area contributed by atoms with Crippen LogP contribution in [0.5, 0.6) is 0 Å². The van der Waals surface area contributed by atoms with Crippen molar-refractivity contribution in [3.63, 3.8) is 0 Å². The number of nitrogens with one attached hydrogen (secondary N) is 1. The van der Waals surface area contributed by atoms with Crippen molar-refractivity contribution in [1.82, 2.24) is 15.1 Å². The fourth-order valence-electron chi connectivity index (χ4n) is 2.67. The Morgan fingerprint density at radius 3 is 3.00 bits per heavy atom. The second-order valence-corrected chi connectivity index (χ2v) is 5.34. The summed E-state index contributed by atoms with van der Waals surface area (Å²) in [6.07, 6.45) is 3.29. The van der Waals surface area contributed by atoms with Gasteiger partial charge in [-0.15, -0.1) is 0 Å². The minimum absolute atomic E-state index is 0.296. The predicted molar refractivity (Wildman–Crippen MR) is 70.9 cm³/mol. The molecule has 0 amide bonds. The first-order chi connectivity index (χ1) is 8.19. The van der Waals surface area contributed by atoms with E-state index in [1.165, 1.54) is 5.69 Å². The van der Waals surface area contributed by atoms with Gasteiger partial charge in [0.1, 0.15) is 0 Å². The minimum Gasteiger partial charge on any atom is -0.378 e. The first-order valence-corrected chi connectivity index (χ1v) is 6.98. The van der Waals surface area contributed by atoms with Crippen LogP contribution in [0.15, 0.2) is 10.7 Å². The molecule has 4 nitrogen and oxygen atoms in total. The molecule has 1 N–H and O–H groups in total. The first-order valence-electron chi connectivity index (χ1n) is 6.19. The zero-order valence-electron chi connectivity index (χ0n) is 10.6. The van der Waals surface area contributed by atoms with Crippen LogP contribution in [-0.2, 0) is 11.3 Å². The maximum atomic E-state index is 5.67. The van der Waals surface area contributed by atoms with Crippen LogP contribution in [0.4, 0.5) is 0 Å². The number of hydrogen-bond acceptors (Lipinski definition) is 3. The van der Waals surface area contributed by atoms with Crippen molar-refractivity contribution in [3.05, 3.63) is 16.4 Å². The Bertz CT molecular complexity index is 380. The summed E-state index contributed by atoms with van der Waals surface area (Å²) in [6, 6.07) is 0.296. The maximum Gasteiger partial charge on any atom is 0.0699 e. The molecule has 96 valence electrons. The molecule has 0 aromatic carbocycles. The van der Waals surface area contributed by atoms with E-state index in [0.29, 0.717) is 18.1 Å². The van der Waals surface area contributed by atoms with Crippen LogP contribution in [0.3, 0.4) is 0 Å². The van der Waals surface area contributed by atoms with Crippen LogP contribution in [0.1, 0.15) is 32.0 Å². The lowest BCUT2D eigenvalue weighted by Crippen LogP contribution is -2.31. The molecule has 2 heterocycles. The number of nitrogens with zero attached hydrogens (tertiary/aromatic N) is 2. The van der Waals surface area contributed by atoms with E-state index >= 15 is 0 Å². The number of aryl methyl sites for hydroxylation is 1. The molecule has 1 fully saturated rings. The van der Waals surface area contributed by atoms with Gasteiger partial charge in [-0.25, -0.2) is 0 Å². The van der Waals surface area contributed by atoms with Gasteiger partial charge in [0.25, 0.3) is 0 Å². The lowest BCUT2D eigenvalue weighted by molar-refractivity contribution is 0.0952. The van der Waals surface area contributed by atoms with E-state index in [1.54, 1.807) is 0 Å². The van der Waals surface area contributed by atoms with Gasteiger partial charge in [-0.1, -0.05) is 0 Å². The van der Waals surface area contributed by atoms with Crippen molar-refractivity contribution in [2.24, 2.45) is 5.92 Å². The average molecular weight is 302 g/mol. The monoisotopic (exact) mass is 301 g/mol. The molecule has 3 atom stereocenters. The predicted octanol–water partition coefficient (Wildman–Crippen LogP) is 2.35. The molecule has 0 bridgehead atoms. The topological polar surface area (TPSA) is 39.1 Å². The Kier molecular flexibility index (Phi) is 4.22. The Morgan fingerprint density at radius 1 is 1.71 bits per heavy atom. The summed E-state index contributed by atoms with van der Waals surface area (Å²) in [6.45, 7) is 6.02. The summed E-state index contributed by atoms with van der Waals surface area (Å²) < 4.78 is 8.81. The normalized spacial score (nSPS) is 26.4. The molecule has 0 saturated carbocycles. The number of hydrogen-bond donors (Lipinski definition) is 1.